The second-order valence-corrected chi connectivity index (χ2v) is 6.92. The van der Waals surface area contributed by atoms with Crippen LogP contribution in [0.25, 0.3) is 5.69 Å². The standard InChI is InChI=1S/C19H21N5O2/c1-11-7-12(2)9-14(8-11)24-17-6-4-5-16(15(17)10-20-24)21-19(25)18-13(3)22-26-23-18/h7-10,16H,4-6H2,1-3H3,(H,21,25). The molecule has 1 aromatic carbocycles. The van der Waals surface area contributed by atoms with Gasteiger partial charge >= 0.3 is 0 Å². The Morgan fingerprint density at radius 3 is 2.65 bits per heavy atom. The number of aryl methyl sites for hydroxylation is 3. The molecular weight excluding hydrogens is 330 g/mol. The van der Waals surface area contributed by atoms with Crippen molar-refractivity contribution in [2.45, 2.75) is 46.1 Å². The number of hydrogen-bond donors (Lipinski definition) is 1. The van der Waals surface area contributed by atoms with Crippen molar-refractivity contribution in [1.82, 2.24) is 25.4 Å². The largest absolute Gasteiger partial charge is 0.344 e. The van der Waals surface area contributed by atoms with Crippen LogP contribution in [0.4, 0.5) is 0 Å². The number of nitrogens with zero attached hydrogens (tertiary/aromatic N) is 4. The molecule has 1 aliphatic rings. The van der Waals surface area contributed by atoms with Gasteiger partial charge in [0.1, 0.15) is 5.69 Å². The molecule has 1 atom stereocenters. The van der Waals surface area contributed by atoms with E-state index in [1.54, 1.807) is 6.92 Å². The Morgan fingerprint density at radius 2 is 1.96 bits per heavy atom. The van der Waals surface area contributed by atoms with Gasteiger partial charge in [-0.25, -0.2) is 9.31 Å². The minimum Gasteiger partial charge on any atom is -0.344 e. The molecule has 0 saturated carbocycles. The molecule has 0 aliphatic heterocycles. The zero-order chi connectivity index (χ0) is 18.3. The molecule has 0 bridgehead atoms. The third-order valence-corrected chi connectivity index (χ3v) is 4.81. The lowest BCUT2D eigenvalue weighted by Gasteiger charge is -2.24. The van der Waals surface area contributed by atoms with Crippen molar-refractivity contribution >= 4 is 5.91 Å². The van der Waals surface area contributed by atoms with Gasteiger partial charge in [0.2, 0.25) is 0 Å². The van der Waals surface area contributed by atoms with Crippen LogP contribution < -0.4 is 5.32 Å². The highest BCUT2D eigenvalue weighted by molar-refractivity contribution is 5.93. The van der Waals surface area contributed by atoms with Crippen LogP contribution in [0.5, 0.6) is 0 Å². The van der Waals surface area contributed by atoms with E-state index in [-0.39, 0.29) is 17.6 Å². The third-order valence-electron chi connectivity index (χ3n) is 4.81. The Kier molecular flexibility index (Phi) is 4.06. The fraction of sp³-hybridized carbons (Fsp3) is 0.368. The maximum atomic E-state index is 12.5. The molecule has 0 saturated heterocycles. The van der Waals surface area contributed by atoms with Gasteiger partial charge in [-0.2, -0.15) is 5.10 Å². The number of aromatic nitrogens is 4. The predicted molar refractivity (Wildman–Crippen MR) is 95.2 cm³/mol. The number of amides is 1. The van der Waals surface area contributed by atoms with Gasteiger partial charge in [0.25, 0.3) is 5.91 Å². The Hall–Kier alpha value is -2.96. The van der Waals surface area contributed by atoms with Crippen LogP contribution >= 0.6 is 0 Å². The maximum Gasteiger partial charge on any atom is 0.275 e. The average molecular weight is 351 g/mol. The number of rotatable bonds is 3. The van der Waals surface area contributed by atoms with Gasteiger partial charge in [-0.1, -0.05) is 11.2 Å². The van der Waals surface area contributed by atoms with Crippen molar-refractivity contribution < 1.29 is 9.42 Å². The Balaban J connectivity index is 1.65. The highest BCUT2D eigenvalue weighted by Crippen LogP contribution is 2.31. The third kappa shape index (κ3) is 2.89. The summed E-state index contributed by atoms with van der Waals surface area (Å²) in [6.07, 6.45) is 4.68. The molecule has 1 unspecified atom stereocenters. The van der Waals surface area contributed by atoms with Gasteiger partial charge in [-0.05, 0) is 68.4 Å². The van der Waals surface area contributed by atoms with Crippen LogP contribution in [0, 0.1) is 20.8 Å². The highest BCUT2D eigenvalue weighted by Gasteiger charge is 2.27. The summed E-state index contributed by atoms with van der Waals surface area (Å²) in [5.41, 5.74) is 6.42. The zero-order valence-corrected chi connectivity index (χ0v) is 15.1. The van der Waals surface area contributed by atoms with Crippen LogP contribution in [0.1, 0.15) is 57.5 Å². The molecule has 2 heterocycles. The second-order valence-electron chi connectivity index (χ2n) is 6.92. The molecule has 3 aromatic rings. The number of hydrogen-bond acceptors (Lipinski definition) is 5. The molecule has 134 valence electrons. The normalized spacial score (nSPS) is 16.3. The molecule has 7 nitrogen and oxygen atoms in total. The maximum absolute atomic E-state index is 12.5. The Morgan fingerprint density at radius 1 is 1.19 bits per heavy atom. The summed E-state index contributed by atoms with van der Waals surface area (Å²) >= 11 is 0. The van der Waals surface area contributed by atoms with Crippen LogP contribution in [-0.4, -0.2) is 26.0 Å². The topological polar surface area (TPSA) is 85.8 Å². The molecule has 26 heavy (non-hydrogen) atoms. The van der Waals surface area contributed by atoms with E-state index in [0.717, 1.165) is 36.2 Å². The first-order valence-corrected chi connectivity index (χ1v) is 8.78. The van der Waals surface area contributed by atoms with Crippen molar-refractivity contribution in [1.29, 1.82) is 0 Å². The molecule has 0 spiro atoms. The molecule has 7 heteroatoms. The van der Waals surface area contributed by atoms with E-state index < -0.39 is 0 Å². The second kappa shape index (κ2) is 6.40. The van der Waals surface area contributed by atoms with Crippen LogP contribution in [0.3, 0.4) is 0 Å². The number of carbonyl (C=O) groups excluding carboxylic acids is 1. The lowest BCUT2D eigenvalue weighted by molar-refractivity contribution is 0.0922. The van der Waals surface area contributed by atoms with Crippen molar-refractivity contribution in [3.63, 3.8) is 0 Å². The van der Waals surface area contributed by atoms with Gasteiger partial charge in [0, 0.05) is 11.3 Å². The van der Waals surface area contributed by atoms with E-state index in [9.17, 15) is 4.79 Å². The van der Waals surface area contributed by atoms with Crippen LogP contribution in [0.15, 0.2) is 29.0 Å². The number of nitrogens with one attached hydrogen (secondary N) is 1. The minimum atomic E-state index is -0.263. The Bertz CT molecular complexity index is 952. The predicted octanol–water partition coefficient (Wildman–Crippen LogP) is 2.99. The molecule has 4 rings (SSSR count). The first kappa shape index (κ1) is 16.5. The minimum absolute atomic E-state index is 0.0815. The van der Waals surface area contributed by atoms with Crippen LogP contribution in [-0.2, 0) is 6.42 Å². The van der Waals surface area contributed by atoms with Crippen LogP contribution in [0.2, 0.25) is 0 Å². The lowest BCUT2D eigenvalue weighted by atomic mass is 9.92. The quantitative estimate of drug-likeness (QED) is 0.784. The lowest BCUT2D eigenvalue weighted by Crippen LogP contribution is -2.31. The van der Waals surface area contributed by atoms with E-state index in [0.29, 0.717) is 5.69 Å². The summed E-state index contributed by atoms with van der Waals surface area (Å²) in [5, 5.41) is 15.0. The molecule has 2 aromatic heterocycles. The van der Waals surface area contributed by atoms with Gasteiger partial charge in [-0.15, -0.1) is 0 Å². The summed E-state index contributed by atoms with van der Waals surface area (Å²) in [5.74, 6) is -0.263. The number of carbonyl (C=O) groups is 1. The smallest absolute Gasteiger partial charge is 0.275 e. The summed E-state index contributed by atoms with van der Waals surface area (Å²) in [4.78, 5) is 12.5. The summed E-state index contributed by atoms with van der Waals surface area (Å²) in [6, 6.07) is 6.33. The van der Waals surface area contributed by atoms with E-state index in [2.05, 4.69) is 57.4 Å². The molecule has 1 aliphatic carbocycles. The summed E-state index contributed by atoms with van der Waals surface area (Å²) < 4.78 is 6.63. The highest BCUT2D eigenvalue weighted by atomic mass is 16.6. The Labute approximate surface area is 151 Å². The summed E-state index contributed by atoms with van der Waals surface area (Å²) in [7, 11) is 0. The van der Waals surface area contributed by atoms with Crippen molar-refractivity contribution in [3.8, 4) is 5.69 Å². The van der Waals surface area contributed by atoms with Gasteiger partial charge in [0.15, 0.2) is 5.69 Å². The number of benzene rings is 1. The fourth-order valence-electron chi connectivity index (χ4n) is 3.67. The SMILES string of the molecule is Cc1cc(C)cc(-n2ncc3c2CCCC3NC(=O)c2nonc2C)c1. The zero-order valence-electron chi connectivity index (χ0n) is 15.1. The van der Waals surface area contributed by atoms with Crippen molar-refractivity contribution in [3.05, 3.63) is 58.2 Å². The molecular formula is C19H21N5O2. The van der Waals surface area contributed by atoms with Gasteiger partial charge < -0.3 is 5.32 Å². The van der Waals surface area contributed by atoms with E-state index in [1.807, 2.05) is 10.9 Å². The van der Waals surface area contributed by atoms with E-state index in [4.69, 9.17) is 0 Å². The molecule has 1 N–H and O–H groups in total. The first-order valence-electron chi connectivity index (χ1n) is 8.78. The summed E-state index contributed by atoms with van der Waals surface area (Å²) in [6.45, 7) is 5.88. The number of fused-ring (bicyclic) bond motifs is 1. The van der Waals surface area contributed by atoms with E-state index >= 15 is 0 Å². The van der Waals surface area contributed by atoms with Gasteiger partial charge in [0.05, 0.1) is 17.9 Å². The molecule has 0 fully saturated rings. The average Bonchev–Trinajstić information content (AvgIpc) is 3.20. The molecule has 0 radical (unpaired) electrons. The first-order chi connectivity index (χ1) is 12.5. The van der Waals surface area contributed by atoms with Crippen molar-refractivity contribution in [2.24, 2.45) is 0 Å². The van der Waals surface area contributed by atoms with Gasteiger partial charge in [-0.3, -0.25) is 4.79 Å². The van der Waals surface area contributed by atoms with E-state index in [1.165, 1.54) is 11.1 Å². The fourth-order valence-corrected chi connectivity index (χ4v) is 3.67. The monoisotopic (exact) mass is 351 g/mol. The molecule has 1 amide bonds. The van der Waals surface area contributed by atoms with Crippen molar-refractivity contribution in [2.75, 3.05) is 0 Å².